The molecule has 0 aliphatic heterocycles. The number of amides is 1. The van der Waals surface area contributed by atoms with Crippen molar-refractivity contribution in [3.63, 3.8) is 0 Å². The van der Waals surface area contributed by atoms with Crippen LogP contribution in [0.2, 0.25) is 0 Å². The van der Waals surface area contributed by atoms with E-state index in [0.717, 1.165) is 11.3 Å². The first-order chi connectivity index (χ1) is 12.6. The van der Waals surface area contributed by atoms with E-state index in [2.05, 4.69) is 15.2 Å². The Kier molecular flexibility index (Phi) is 5.26. The molecule has 3 rings (SSSR count). The van der Waals surface area contributed by atoms with Crippen molar-refractivity contribution in [1.82, 2.24) is 20.1 Å². The number of rotatable bonds is 6. The van der Waals surface area contributed by atoms with Crippen molar-refractivity contribution >= 4 is 5.91 Å². The van der Waals surface area contributed by atoms with Gasteiger partial charge in [-0.3, -0.25) is 4.79 Å². The van der Waals surface area contributed by atoms with Gasteiger partial charge in [-0.15, -0.1) is 10.2 Å². The minimum atomic E-state index is -0.133. The fourth-order valence-electron chi connectivity index (χ4n) is 2.49. The molecule has 0 bridgehead atoms. The van der Waals surface area contributed by atoms with E-state index in [9.17, 15) is 4.79 Å². The third kappa shape index (κ3) is 3.88. The molecule has 134 valence electrons. The van der Waals surface area contributed by atoms with Gasteiger partial charge in [0.05, 0.1) is 19.3 Å². The largest absolute Gasteiger partial charge is 0.481 e. The fraction of sp³-hybridized carbons (Fsp3) is 0.263. The summed E-state index contributed by atoms with van der Waals surface area (Å²) in [6.45, 7) is 2.19. The summed E-state index contributed by atoms with van der Waals surface area (Å²) < 4.78 is 10.6. The maximum atomic E-state index is 12.7. The molecule has 0 spiro atoms. The molecule has 0 aliphatic carbocycles. The molecule has 3 aromatic rings. The van der Waals surface area contributed by atoms with Crippen LogP contribution in [0.25, 0.3) is 11.3 Å². The number of nitrogens with zero attached hydrogens (tertiary/aromatic N) is 4. The van der Waals surface area contributed by atoms with Crippen molar-refractivity contribution < 1.29 is 13.9 Å². The van der Waals surface area contributed by atoms with Crippen LogP contribution in [0.15, 0.2) is 46.9 Å². The van der Waals surface area contributed by atoms with Gasteiger partial charge in [0.2, 0.25) is 17.7 Å². The number of hydrogen-bond acceptors (Lipinski definition) is 6. The van der Waals surface area contributed by atoms with Crippen molar-refractivity contribution in [2.24, 2.45) is 0 Å². The molecule has 0 radical (unpaired) electrons. The molecule has 0 unspecified atom stereocenters. The van der Waals surface area contributed by atoms with Crippen LogP contribution in [0.1, 0.15) is 29.1 Å². The van der Waals surface area contributed by atoms with E-state index in [1.54, 1.807) is 31.2 Å². The fourth-order valence-corrected chi connectivity index (χ4v) is 2.49. The summed E-state index contributed by atoms with van der Waals surface area (Å²) in [4.78, 5) is 18.7. The number of pyridine rings is 1. The van der Waals surface area contributed by atoms with Crippen LogP contribution in [-0.4, -0.2) is 40.1 Å². The van der Waals surface area contributed by atoms with E-state index in [1.165, 1.54) is 0 Å². The zero-order valence-corrected chi connectivity index (χ0v) is 15.0. The number of benzene rings is 1. The monoisotopic (exact) mass is 352 g/mol. The third-order valence-corrected chi connectivity index (χ3v) is 3.87. The zero-order chi connectivity index (χ0) is 18.5. The van der Waals surface area contributed by atoms with Gasteiger partial charge < -0.3 is 14.1 Å². The summed E-state index contributed by atoms with van der Waals surface area (Å²) >= 11 is 0. The van der Waals surface area contributed by atoms with Crippen LogP contribution in [0, 0.1) is 0 Å². The summed E-state index contributed by atoms with van der Waals surface area (Å²) in [5, 5.41) is 7.87. The molecule has 0 aliphatic rings. The van der Waals surface area contributed by atoms with Gasteiger partial charge in [-0.2, -0.15) is 0 Å². The van der Waals surface area contributed by atoms with Gasteiger partial charge in [-0.1, -0.05) is 25.1 Å². The van der Waals surface area contributed by atoms with E-state index in [-0.39, 0.29) is 12.5 Å². The number of aromatic nitrogens is 3. The van der Waals surface area contributed by atoms with Crippen molar-refractivity contribution in [1.29, 1.82) is 0 Å². The molecule has 2 aromatic heterocycles. The second-order valence-electron chi connectivity index (χ2n) is 5.75. The Morgan fingerprint density at radius 1 is 1.15 bits per heavy atom. The molecular weight excluding hydrogens is 332 g/mol. The van der Waals surface area contributed by atoms with Gasteiger partial charge in [-0.25, -0.2) is 4.98 Å². The highest BCUT2D eigenvalue weighted by Crippen LogP contribution is 2.21. The number of carbonyl (C=O) groups excluding carboxylic acids is 1. The van der Waals surface area contributed by atoms with Gasteiger partial charge in [0.25, 0.3) is 5.91 Å². The third-order valence-electron chi connectivity index (χ3n) is 3.87. The molecule has 0 atom stereocenters. The zero-order valence-electron chi connectivity index (χ0n) is 15.0. The van der Waals surface area contributed by atoms with Crippen molar-refractivity contribution in [2.45, 2.75) is 19.9 Å². The molecule has 0 saturated heterocycles. The van der Waals surface area contributed by atoms with Gasteiger partial charge in [0.15, 0.2) is 0 Å². The van der Waals surface area contributed by atoms with E-state index >= 15 is 0 Å². The van der Waals surface area contributed by atoms with E-state index in [1.807, 2.05) is 37.3 Å². The summed E-state index contributed by atoms with van der Waals surface area (Å²) in [5.41, 5.74) is 2.14. The van der Waals surface area contributed by atoms with Gasteiger partial charge in [0, 0.05) is 30.7 Å². The molecule has 1 amide bonds. The highest BCUT2D eigenvalue weighted by Gasteiger charge is 2.16. The minimum Gasteiger partial charge on any atom is -0.481 e. The maximum absolute atomic E-state index is 12.7. The lowest BCUT2D eigenvalue weighted by atomic mass is 10.1. The van der Waals surface area contributed by atoms with Crippen LogP contribution >= 0.6 is 0 Å². The molecule has 2 heterocycles. The Bertz CT molecular complexity index is 907. The second-order valence-corrected chi connectivity index (χ2v) is 5.75. The molecule has 26 heavy (non-hydrogen) atoms. The highest BCUT2D eigenvalue weighted by molar-refractivity contribution is 5.95. The highest BCUT2D eigenvalue weighted by atomic mass is 16.5. The van der Waals surface area contributed by atoms with Gasteiger partial charge in [-0.05, 0) is 18.2 Å². The van der Waals surface area contributed by atoms with E-state index < -0.39 is 0 Å². The van der Waals surface area contributed by atoms with E-state index in [4.69, 9.17) is 9.15 Å². The molecule has 7 heteroatoms. The van der Waals surface area contributed by atoms with Crippen LogP contribution in [-0.2, 0) is 13.0 Å². The normalized spacial score (nSPS) is 10.6. The number of carbonyl (C=O) groups is 1. The van der Waals surface area contributed by atoms with Crippen molar-refractivity contribution in [2.75, 3.05) is 14.2 Å². The van der Waals surface area contributed by atoms with E-state index in [0.29, 0.717) is 29.6 Å². The number of aryl methyl sites for hydroxylation is 1. The molecule has 0 saturated carbocycles. The van der Waals surface area contributed by atoms with Gasteiger partial charge in [0.1, 0.15) is 0 Å². The van der Waals surface area contributed by atoms with Crippen molar-refractivity contribution in [3.8, 4) is 17.1 Å². The van der Waals surface area contributed by atoms with Gasteiger partial charge >= 0.3 is 0 Å². The average molecular weight is 352 g/mol. The molecule has 1 aromatic carbocycles. The lowest BCUT2D eigenvalue weighted by molar-refractivity contribution is 0.0772. The molecular formula is C19H20N4O3. The number of hydrogen-bond donors (Lipinski definition) is 0. The first-order valence-corrected chi connectivity index (χ1v) is 8.29. The average Bonchev–Trinajstić information content (AvgIpc) is 3.15. The molecule has 7 nitrogen and oxygen atoms in total. The lowest BCUT2D eigenvalue weighted by Gasteiger charge is -2.15. The Balaban J connectivity index is 1.78. The van der Waals surface area contributed by atoms with Crippen LogP contribution in [0.3, 0.4) is 0 Å². The lowest BCUT2D eigenvalue weighted by Crippen LogP contribution is -2.26. The topological polar surface area (TPSA) is 81.4 Å². The molecule has 0 N–H and O–H groups in total. The number of methoxy groups -OCH3 is 1. The predicted molar refractivity (Wildman–Crippen MR) is 95.7 cm³/mol. The second kappa shape index (κ2) is 7.77. The summed E-state index contributed by atoms with van der Waals surface area (Å²) in [5.74, 6) is 1.38. The van der Waals surface area contributed by atoms with Crippen molar-refractivity contribution in [3.05, 3.63) is 59.8 Å². The Morgan fingerprint density at radius 3 is 2.65 bits per heavy atom. The summed E-state index contributed by atoms with van der Waals surface area (Å²) in [7, 11) is 3.27. The summed E-state index contributed by atoms with van der Waals surface area (Å²) in [6.07, 6.45) is 0.667. The first-order valence-electron chi connectivity index (χ1n) is 8.29. The Hall–Kier alpha value is -3.22. The van der Waals surface area contributed by atoms with Crippen LogP contribution in [0.5, 0.6) is 5.88 Å². The predicted octanol–water partition coefficient (Wildman–Crippen LogP) is 2.97. The Morgan fingerprint density at radius 2 is 1.92 bits per heavy atom. The standard InChI is InChI=1S/C19H20N4O3/c1-4-16-21-22-18(26-16)12-23(2)19(24)14-8-5-7-13(11-14)15-9-6-10-17(20-15)25-3/h5-11H,4,12H2,1-3H3. The quantitative estimate of drug-likeness (QED) is 0.678. The Labute approximate surface area is 151 Å². The first kappa shape index (κ1) is 17.6. The minimum absolute atomic E-state index is 0.133. The number of ether oxygens (including phenoxy) is 1. The molecule has 0 fully saturated rings. The smallest absolute Gasteiger partial charge is 0.254 e. The summed E-state index contributed by atoms with van der Waals surface area (Å²) in [6, 6.07) is 12.8. The SMILES string of the molecule is CCc1nnc(CN(C)C(=O)c2cccc(-c3cccc(OC)n3)c2)o1. The van der Waals surface area contributed by atoms with Crippen LogP contribution in [0.4, 0.5) is 0 Å². The maximum Gasteiger partial charge on any atom is 0.254 e. The van der Waals surface area contributed by atoms with Crippen LogP contribution < -0.4 is 4.74 Å².